The summed E-state index contributed by atoms with van der Waals surface area (Å²) in [7, 11) is 0. The first-order chi connectivity index (χ1) is 10.2. The number of alkyl halides is 1. The van der Waals surface area contributed by atoms with Gasteiger partial charge in [0, 0.05) is 13.0 Å². The van der Waals surface area contributed by atoms with E-state index in [0.717, 1.165) is 30.7 Å². The normalized spacial score (nSPS) is 21.9. The minimum absolute atomic E-state index is 0.119. The van der Waals surface area contributed by atoms with Crippen molar-refractivity contribution in [2.45, 2.75) is 37.6 Å². The Balaban J connectivity index is 1.80. The zero-order valence-electron chi connectivity index (χ0n) is 12.2. The predicted octanol–water partition coefficient (Wildman–Crippen LogP) is 4.35. The van der Waals surface area contributed by atoms with Crippen molar-refractivity contribution < 1.29 is 5.11 Å². The number of halogens is 1. The molecule has 1 aromatic rings. The number of aliphatic hydroxyl groups is 1. The fourth-order valence-electron chi connectivity index (χ4n) is 3.03. The van der Waals surface area contributed by atoms with E-state index in [2.05, 4.69) is 57.8 Å². The third-order valence-electron chi connectivity index (χ3n) is 4.31. The Morgan fingerprint density at radius 2 is 2.05 bits per heavy atom. The fraction of sp³-hybridized carbons (Fsp3) is 0.412. The van der Waals surface area contributed by atoms with Crippen LogP contribution in [0.3, 0.4) is 0 Å². The second-order valence-corrected chi connectivity index (χ2v) is 6.62. The first-order valence-electron chi connectivity index (χ1n) is 7.51. The number of aliphatic hydroxyl groups excluding tert-OH is 1. The molecule has 1 aliphatic heterocycles. The van der Waals surface area contributed by atoms with E-state index in [1.165, 1.54) is 23.1 Å². The molecule has 112 valence electrons. The molecule has 0 saturated heterocycles. The number of fused-ring (bicyclic) bond motifs is 1. The minimum Gasteiger partial charge on any atom is -0.512 e. The average Bonchev–Trinajstić information content (AvgIpc) is 2.51. The summed E-state index contributed by atoms with van der Waals surface area (Å²) in [4.78, 5) is 0.119. The lowest BCUT2D eigenvalue weighted by molar-refractivity contribution is 0.356. The maximum Gasteiger partial charge on any atom is 0.109 e. The van der Waals surface area contributed by atoms with Gasteiger partial charge in [-0.25, -0.2) is 0 Å². The van der Waals surface area contributed by atoms with Crippen molar-refractivity contribution in [3.05, 3.63) is 52.5 Å². The Labute approximate surface area is 134 Å². The van der Waals surface area contributed by atoms with Gasteiger partial charge in [-0.1, -0.05) is 40.2 Å². The van der Waals surface area contributed by atoms with Crippen molar-refractivity contribution >= 4 is 21.5 Å². The molecule has 1 atom stereocenters. The second kappa shape index (κ2) is 6.14. The van der Waals surface area contributed by atoms with Gasteiger partial charge in [0.2, 0.25) is 0 Å². The summed E-state index contributed by atoms with van der Waals surface area (Å²) in [6, 6.07) is 8.42. The van der Waals surface area contributed by atoms with Crippen LogP contribution in [0.2, 0.25) is 0 Å². The third-order valence-corrected chi connectivity index (χ3v) is 5.03. The highest BCUT2D eigenvalue weighted by Gasteiger charge is 2.22. The molecule has 0 aromatic heterocycles. The number of hydrogen-bond acceptors (Lipinski definition) is 3. The van der Waals surface area contributed by atoms with E-state index in [0.29, 0.717) is 12.3 Å². The van der Waals surface area contributed by atoms with E-state index >= 15 is 0 Å². The average molecular weight is 349 g/mol. The Morgan fingerprint density at radius 3 is 2.86 bits per heavy atom. The number of nitrogens with one attached hydrogen (secondary N) is 2. The maximum atomic E-state index is 9.97. The molecule has 21 heavy (non-hydrogen) atoms. The molecule has 1 aliphatic carbocycles. The van der Waals surface area contributed by atoms with Crippen LogP contribution < -0.4 is 10.6 Å². The molecule has 0 radical (unpaired) electrons. The van der Waals surface area contributed by atoms with Gasteiger partial charge in [0.15, 0.2) is 0 Å². The topological polar surface area (TPSA) is 44.3 Å². The smallest absolute Gasteiger partial charge is 0.109 e. The molecule has 0 amide bonds. The monoisotopic (exact) mass is 348 g/mol. The Bertz CT molecular complexity index is 607. The lowest BCUT2D eigenvalue weighted by Crippen LogP contribution is -2.33. The highest BCUT2D eigenvalue weighted by molar-refractivity contribution is 9.09. The van der Waals surface area contributed by atoms with Crippen LogP contribution in [0.25, 0.3) is 5.57 Å². The van der Waals surface area contributed by atoms with Crippen molar-refractivity contribution in [1.29, 1.82) is 0 Å². The summed E-state index contributed by atoms with van der Waals surface area (Å²) in [6.45, 7) is 2.84. The number of benzene rings is 1. The van der Waals surface area contributed by atoms with Crippen LogP contribution in [0.5, 0.6) is 0 Å². The molecule has 0 spiro atoms. The van der Waals surface area contributed by atoms with Gasteiger partial charge >= 0.3 is 0 Å². The Kier molecular flexibility index (Phi) is 4.24. The summed E-state index contributed by atoms with van der Waals surface area (Å²) in [6.07, 6.45) is 4.11. The predicted molar refractivity (Wildman–Crippen MR) is 90.0 cm³/mol. The summed E-state index contributed by atoms with van der Waals surface area (Å²) >= 11 is 3.69. The van der Waals surface area contributed by atoms with Crippen molar-refractivity contribution in [2.75, 3.05) is 6.54 Å². The van der Waals surface area contributed by atoms with E-state index in [4.69, 9.17) is 0 Å². The highest BCUT2D eigenvalue weighted by Crippen LogP contribution is 2.34. The van der Waals surface area contributed by atoms with Gasteiger partial charge in [0.1, 0.15) is 10.8 Å². The van der Waals surface area contributed by atoms with Crippen LogP contribution in [-0.2, 0) is 0 Å². The molecule has 4 heteroatoms. The van der Waals surface area contributed by atoms with E-state index in [1.807, 2.05) is 0 Å². The van der Waals surface area contributed by atoms with Crippen LogP contribution in [0.4, 0.5) is 0 Å². The van der Waals surface area contributed by atoms with Crippen LogP contribution in [0.15, 0.2) is 41.4 Å². The van der Waals surface area contributed by atoms with Gasteiger partial charge in [-0.15, -0.1) is 0 Å². The lowest BCUT2D eigenvalue weighted by Gasteiger charge is -2.29. The molecular weight excluding hydrogens is 328 g/mol. The SMILES string of the molecule is CC1=C(NCC2=C(O)CCCC2)NC(Br)c2ccccc21. The standard InChI is InChI=1S/C17H21BrN2O/c1-11-13-7-3-4-8-14(13)16(18)20-17(11)19-10-12-6-2-5-9-15(12)21/h3-4,7-8,16,19-21H,2,5-6,9-10H2,1H3. The number of allylic oxidation sites excluding steroid dienone is 2. The van der Waals surface area contributed by atoms with E-state index in [1.54, 1.807) is 0 Å². The zero-order valence-corrected chi connectivity index (χ0v) is 13.8. The first kappa shape index (κ1) is 14.5. The summed E-state index contributed by atoms with van der Waals surface area (Å²) in [5.41, 5.74) is 4.90. The quantitative estimate of drug-likeness (QED) is 0.562. The summed E-state index contributed by atoms with van der Waals surface area (Å²) in [5.74, 6) is 1.63. The van der Waals surface area contributed by atoms with Crippen molar-refractivity contribution in [3.63, 3.8) is 0 Å². The minimum atomic E-state index is 0.119. The highest BCUT2D eigenvalue weighted by atomic mass is 79.9. The molecule has 3 N–H and O–H groups in total. The molecule has 0 fully saturated rings. The molecule has 1 unspecified atom stereocenters. The maximum absolute atomic E-state index is 9.97. The molecule has 0 bridgehead atoms. The number of rotatable bonds is 3. The van der Waals surface area contributed by atoms with Gasteiger partial charge in [0.25, 0.3) is 0 Å². The summed E-state index contributed by atoms with van der Waals surface area (Å²) < 4.78 is 0. The van der Waals surface area contributed by atoms with Gasteiger partial charge < -0.3 is 15.7 Å². The van der Waals surface area contributed by atoms with Gasteiger partial charge in [-0.2, -0.15) is 0 Å². The van der Waals surface area contributed by atoms with Gasteiger partial charge in [0.05, 0.1) is 5.76 Å². The molecule has 1 aromatic carbocycles. The van der Waals surface area contributed by atoms with Crippen LogP contribution >= 0.6 is 15.9 Å². The zero-order chi connectivity index (χ0) is 14.8. The lowest BCUT2D eigenvalue weighted by atomic mass is 9.96. The van der Waals surface area contributed by atoms with E-state index in [9.17, 15) is 5.11 Å². The molecular formula is C17H21BrN2O. The van der Waals surface area contributed by atoms with Gasteiger partial charge in [-0.3, -0.25) is 0 Å². The summed E-state index contributed by atoms with van der Waals surface area (Å²) in [5, 5.41) is 16.9. The largest absolute Gasteiger partial charge is 0.512 e. The molecule has 3 nitrogen and oxygen atoms in total. The van der Waals surface area contributed by atoms with Crippen LogP contribution in [0.1, 0.15) is 48.7 Å². The molecule has 1 heterocycles. The fourth-order valence-corrected chi connectivity index (χ4v) is 3.66. The van der Waals surface area contributed by atoms with E-state index < -0.39 is 0 Å². The molecule has 2 aliphatic rings. The molecule has 0 saturated carbocycles. The first-order valence-corrected chi connectivity index (χ1v) is 8.43. The van der Waals surface area contributed by atoms with Crippen LogP contribution in [-0.4, -0.2) is 11.7 Å². The Morgan fingerprint density at radius 1 is 1.29 bits per heavy atom. The third kappa shape index (κ3) is 2.95. The van der Waals surface area contributed by atoms with Crippen molar-refractivity contribution in [2.24, 2.45) is 0 Å². The second-order valence-electron chi connectivity index (χ2n) is 5.71. The Hall–Kier alpha value is -1.42. The van der Waals surface area contributed by atoms with Crippen LogP contribution in [0, 0.1) is 0 Å². The number of hydrogen-bond donors (Lipinski definition) is 3. The molecule has 3 rings (SSSR count). The van der Waals surface area contributed by atoms with E-state index in [-0.39, 0.29) is 4.95 Å². The van der Waals surface area contributed by atoms with Crippen molar-refractivity contribution in [1.82, 2.24) is 10.6 Å². The van der Waals surface area contributed by atoms with Crippen molar-refractivity contribution in [3.8, 4) is 0 Å². The van der Waals surface area contributed by atoms with Gasteiger partial charge in [-0.05, 0) is 48.5 Å².